The molecule has 0 aromatic carbocycles. The number of nitrogens with zero attached hydrogens (tertiary/aromatic N) is 2. The number of aromatic nitrogens is 2. The largest absolute Gasteiger partial charge is 0.480 e. The van der Waals surface area contributed by atoms with E-state index in [0.717, 1.165) is 6.42 Å². The Labute approximate surface area is 125 Å². The van der Waals surface area contributed by atoms with Crippen LogP contribution < -0.4 is 5.32 Å². The topological polar surface area (TPSA) is 84.2 Å². The first-order valence-electron chi connectivity index (χ1n) is 6.64. The van der Waals surface area contributed by atoms with E-state index in [2.05, 4.69) is 23.4 Å². The van der Waals surface area contributed by atoms with Crippen molar-refractivity contribution in [3.8, 4) is 0 Å². The van der Waals surface area contributed by atoms with Crippen molar-refractivity contribution >= 4 is 29.0 Å². The van der Waals surface area contributed by atoms with Crippen molar-refractivity contribution in [1.82, 2.24) is 9.78 Å². The van der Waals surface area contributed by atoms with Crippen LogP contribution in [0.4, 0.5) is 5.82 Å². The van der Waals surface area contributed by atoms with Gasteiger partial charge in [0.25, 0.3) is 0 Å². The first-order chi connectivity index (χ1) is 10.0. The van der Waals surface area contributed by atoms with E-state index in [4.69, 9.17) is 5.11 Å². The van der Waals surface area contributed by atoms with Crippen LogP contribution in [-0.4, -0.2) is 26.8 Å². The summed E-state index contributed by atoms with van der Waals surface area (Å²) in [6.45, 7) is 1.85. The van der Waals surface area contributed by atoms with Gasteiger partial charge in [-0.05, 0) is 30.4 Å². The molecule has 2 unspecified atom stereocenters. The maximum Gasteiger partial charge on any atom is 0.325 e. The number of aliphatic carboxylic acids is 1. The molecule has 2 aromatic rings. The summed E-state index contributed by atoms with van der Waals surface area (Å²) in [5, 5.41) is 17.5. The Kier molecular flexibility index (Phi) is 3.50. The van der Waals surface area contributed by atoms with Crippen LogP contribution >= 0.6 is 11.3 Å². The molecule has 2 heterocycles. The van der Waals surface area contributed by atoms with Gasteiger partial charge in [0, 0.05) is 29.0 Å². The highest BCUT2D eigenvalue weighted by atomic mass is 32.1. The van der Waals surface area contributed by atoms with E-state index in [1.165, 1.54) is 21.3 Å². The summed E-state index contributed by atoms with van der Waals surface area (Å²) in [5.74, 6) is -0.312. The number of carbonyl (C=O) groups excluding carboxylic acids is 1. The first kappa shape index (κ1) is 13.8. The van der Waals surface area contributed by atoms with Crippen molar-refractivity contribution in [2.45, 2.75) is 25.8 Å². The minimum absolute atomic E-state index is 0.00743. The summed E-state index contributed by atoms with van der Waals surface area (Å²) in [6.07, 6.45) is 2.40. The lowest BCUT2D eigenvalue weighted by Gasteiger charge is -2.01. The SMILES string of the molecule is Cc1ccsc1C1CC1C(=O)Nc1ccn(CC(=O)O)n1. The lowest BCUT2D eigenvalue weighted by molar-refractivity contribution is -0.137. The third kappa shape index (κ3) is 2.97. The quantitative estimate of drug-likeness (QED) is 0.886. The summed E-state index contributed by atoms with van der Waals surface area (Å²) in [6, 6.07) is 3.68. The Balaban J connectivity index is 1.59. The zero-order valence-corrected chi connectivity index (χ0v) is 12.3. The molecular weight excluding hydrogens is 290 g/mol. The van der Waals surface area contributed by atoms with E-state index in [1.807, 2.05) is 5.38 Å². The van der Waals surface area contributed by atoms with Crippen LogP contribution in [0.3, 0.4) is 0 Å². The Hall–Kier alpha value is -2.15. The normalized spacial score (nSPS) is 20.2. The highest BCUT2D eigenvalue weighted by molar-refractivity contribution is 7.10. The summed E-state index contributed by atoms with van der Waals surface area (Å²) >= 11 is 1.69. The van der Waals surface area contributed by atoms with Crippen LogP contribution in [0.5, 0.6) is 0 Å². The molecule has 1 saturated carbocycles. The number of hydrogen-bond acceptors (Lipinski definition) is 4. The molecule has 110 valence electrons. The standard InChI is InChI=1S/C14H15N3O3S/c1-8-3-5-21-13(8)9-6-10(9)14(20)15-11-2-4-17(16-11)7-12(18)19/h2-5,9-10H,6-7H2,1H3,(H,18,19)(H,15,16,20). The van der Waals surface area contributed by atoms with Crippen LogP contribution in [-0.2, 0) is 16.1 Å². The summed E-state index contributed by atoms with van der Waals surface area (Å²) in [7, 11) is 0. The molecule has 0 spiro atoms. The molecule has 0 saturated heterocycles. The van der Waals surface area contributed by atoms with Crippen molar-refractivity contribution in [2.75, 3.05) is 5.32 Å². The average Bonchev–Trinajstić information content (AvgIpc) is 2.91. The Morgan fingerprint density at radius 2 is 2.33 bits per heavy atom. The van der Waals surface area contributed by atoms with Gasteiger partial charge < -0.3 is 10.4 Å². The molecule has 7 heteroatoms. The summed E-state index contributed by atoms with van der Waals surface area (Å²) in [4.78, 5) is 24.0. The van der Waals surface area contributed by atoms with Gasteiger partial charge in [0.15, 0.2) is 5.82 Å². The van der Waals surface area contributed by atoms with Crippen LogP contribution in [0.2, 0.25) is 0 Å². The van der Waals surface area contributed by atoms with Crippen molar-refractivity contribution in [3.05, 3.63) is 34.2 Å². The Bertz CT molecular complexity index is 691. The van der Waals surface area contributed by atoms with Crippen LogP contribution in [0.25, 0.3) is 0 Å². The van der Waals surface area contributed by atoms with Gasteiger partial charge in [0.05, 0.1) is 0 Å². The molecule has 1 aliphatic carbocycles. The molecule has 2 aromatic heterocycles. The second kappa shape index (κ2) is 5.33. The maximum atomic E-state index is 12.2. The van der Waals surface area contributed by atoms with Gasteiger partial charge >= 0.3 is 5.97 Å². The molecule has 1 amide bonds. The van der Waals surface area contributed by atoms with E-state index in [-0.39, 0.29) is 18.4 Å². The number of carboxylic acid groups (broad SMARTS) is 1. The molecule has 2 atom stereocenters. The molecule has 0 bridgehead atoms. The van der Waals surface area contributed by atoms with Gasteiger partial charge in [-0.15, -0.1) is 11.3 Å². The van der Waals surface area contributed by atoms with E-state index < -0.39 is 5.97 Å². The second-order valence-corrected chi connectivity index (χ2v) is 6.15. The van der Waals surface area contributed by atoms with Crippen molar-refractivity contribution in [3.63, 3.8) is 0 Å². The Morgan fingerprint density at radius 1 is 1.52 bits per heavy atom. The van der Waals surface area contributed by atoms with Gasteiger partial charge in [-0.1, -0.05) is 0 Å². The predicted octanol–water partition coefficient (Wildman–Crippen LogP) is 2.08. The number of anilines is 1. The molecule has 0 radical (unpaired) electrons. The van der Waals surface area contributed by atoms with Crippen molar-refractivity contribution in [2.24, 2.45) is 5.92 Å². The number of carbonyl (C=O) groups is 2. The number of aryl methyl sites for hydroxylation is 1. The van der Waals surface area contributed by atoms with E-state index in [9.17, 15) is 9.59 Å². The lowest BCUT2D eigenvalue weighted by atomic mass is 10.2. The third-order valence-corrected chi connectivity index (χ3v) is 4.71. The van der Waals surface area contributed by atoms with Gasteiger partial charge in [0.2, 0.25) is 5.91 Å². The zero-order valence-electron chi connectivity index (χ0n) is 11.4. The molecule has 2 N–H and O–H groups in total. The number of amides is 1. The number of thiophene rings is 1. The first-order valence-corrected chi connectivity index (χ1v) is 7.52. The van der Waals surface area contributed by atoms with E-state index in [1.54, 1.807) is 17.4 Å². The average molecular weight is 305 g/mol. The predicted molar refractivity (Wildman–Crippen MR) is 78.4 cm³/mol. The monoisotopic (exact) mass is 305 g/mol. The molecule has 3 rings (SSSR count). The molecular formula is C14H15N3O3S. The van der Waals surface area contributed by atoms with Gasteiger partial charge in [-0.2, -0.15) is 5.10 Å². The number of nitrogens with one attached hydrogen (secondary N) is 1. The fourth-order valence-electron chi connectivity index (χ4n) is 2.41. The molecule has 0 aliphatic heterocycles. The van der Waals surface area contributed by atoms with Crippen LogP contribution in [0, 0.1) is 12.8 Å². The van der Waals surface area contributed by atoms with Gasteiger partial charge in [0.1, 0.15) is 6.54 Å². The second-order valence-electron chi connectivity index (χ2n) is 5.20. The smallest absolute Gasteiger partial charge is 0.325 e. The molecule has 1 fully saturated rings. The Morgan fingerprint density at radius 3 is 3.00 bits per heavy atom. The highest BCUT2D eigenvalue weighted by Gasteiger charge is 2.45. The highest BCUT2D eigenvalue weighted by Crippen LogP contribution is 2.50. The lowest BCUT2D eigenvalue weighted by Crippen LogP contribution is -2.16. The third-order valence-electron chi connectivity index (χ3n) is 3.55. The minimum atomic E-state index is -0.966. The maximum absolute atomic E-state index is 12.2. The van der Waals surface area contributed by atoms with Crippen LogP contribution in [0.1, 0.15) is 22.8 Å². The molecule has 21 heavy (non-hydrogen) atoms. The fourth-order valence-corrected chi connectivity index (χ4v) is 3.52. The number of rotatable bonds is 5. The van der Waals surface area contributed by atoms with Crippen molar-refractivity contribution in [1.29, 1.82) is 0 Å². The number of carboxylic acids is 1. The minimum Gasteiger partial charge on any atom is -0.480 e. The van der Waals surface area contributed by atoms with Gasteiger partial charge in [-0.25, -0.2) is 0 Å². The van der Waals surface area contributed by atoms with Crippen molar-refractivity contribution < 1.29 is 14.7 Å². The van der Waals surface area contributed by atoms with Crippen LogP contribution in [0.15, 0.2) is 23.7 Å². The fraction of sp³-hybridized carbons (Fsp3) is 0.357. The van der Waals surface area contributed by atoms with E-state index in [0.29, 0.717) is 11.7 Å². The summed E-state index contributed by atoms with van der Waals surface area (Å²) in [5.41, 5.74) is 1.24. The molecule has 6 nitrogen and oxygen atoms in total. The molecule has 1 aliphatic rings. The van der Waals surface area contributed by atoms with E-state index >= 15 is 0 Å². The van der Waals surface area contributed by atoms with Gasteiger partial charge in [-0.3, -0.25) is 14.3 Å². The summed E-state index contributed by atoms with van der Waals surface area (Å²) < 4.78 is 1.28. The zero-order chi connectivity index (χ0) is 15.0. The number of hydrogen-bond donors (Lipinski definition) is 2.